The van der Waals surface area contributed by atoms with Crippen molar-refractivity contribution in [3.63, 3.8) is 0 Å². The van der Waals surface area contributed by atoms with Gasteiger partial charge in [0.25, 0.3) is 0 Å². The van der Waals surface area contributed by atoms with E-state index in [4.69, 9.17) is 0 Å². The van der Waals surface area contributed by atoms with Gasteiger partial charge < -0.3 is 10.6 Å². The third-order valence-corrected chi connectivity index (χ3v) is 2.92. The molecule has 1 amide bonds. The molecule has 0 bridgehead atoms. The van der Waals surface area contributed by atoms with Gasteiger partial charge in [-0.15, -0.1) is 0 Å². The van der Waals surface area contributed by atoms with Crippen molar-refractivity contribution in [2.24, 2.45) is 0 Å². The largest absolute Gasteiger partial charge is 0.325 e. The molecule has 1 aromatic rings. The van der Waals surface area contributed by atoms with Crippen molar-refractivity contribution >= 4 is 11.6 Å². The van der Waals surface area contributed by atoms with Gasteiger partial charge in [-0.05, 0) is 31.8 Å². The number of nitrogens with one attached hydrogen (secondary N) is 2. The lowest BCUT2D eigenvalue weighted by atomic mass is 10.1. The van der Waals surface area contributed by atoms with E-state index >= 15 is 0 Å². The summed E-state index contributed by atoms with van der Waals surface area (Å²) in [5, 5.41) is 5.78. The van der Waals surface area contributed by atoms with Gasteiger partial charge >= 0.3 is 0 Å². The zero-order chi connectivity index (χ0) is 13.4. The Morgan fingerprint density at radius 1 is 1.22 bits per heavy atom. The molecule has 0 fully saturated rings. The molecule has 0 aromatic heterocycles. The van der Waals surface area contributed by atoms with Crippen molar-refractivity contribution < 1.29 is 4.79 Å². The Kier molecular flexibility index (Phi) is 6.39. The summed E-state index contributed by atoms with van der Waals surface area (Å²) in [6.45, 7) is 7.50. The Morgan fingerprint density at radius 2 is 1.89 bits per heavy atom. The van der Waals surface area contributed by atoms with Gasteiger partial charge in [0.15, 0.2) is 0 Å². The number of nitrogens with zero attached hydrogens (tertiary/aromatic N) is 1. The average molecular weight is 249 g/mol. The van der Waals surface area contributed by atoms with Gasteiger partial charge in [0.2, 0.25) is 5.91 Å². The zero-order valence-electron chi connectivity index (χ0n) is 11.5. The minimum Gasteiger partial charge on any atom is -0.325 e. The third-order valence-electron chi connectivity index (χ3n) is 2.92. The normalized spacial score (nSPS) is 10.7. The van der Waals surface area contributed by atoms with Crippen LogP contribution in [-0.4, -0.2) is 37.5 Å². The minimum atomic E-state index is -0.00973. The van der Waals surface area contributed by atoms with E-state index in [2.05, 4.69) is 35.4 Å². The first-order valence-corrected chi connectivity index (χ1v) is 6.46. The van der Waals surface area contributed by atoms with Crippen LogP contribution in [0.15, 0.2) is 24.3 Å². The van der Waals surface area contributed by atoms with Gasteiger partial charge in [0.05, 0.1) is 6.54 Å². The molecular formula is C14H23N3O. The van der Waals surface area contributed by atoms with Crippen molar-refractivity contribution in [2.75, 3.05) is 32.0 Å². The number of rotatable bonds is 7. The second kappa shape index (κ2) is 7.84. The molecule has 0 atom stereocenters. The molecule has 18 heavy (non-hydrogen) atoms. The fourth-order valence-electron chi connectivity index (χ4n) is 1.82. The molecule has 2 N–H and O–H groups in total. The van der Waals surface area contributed by atoms with Gasteiger partial charge in [0.1, 0.15) is 0 Å². The molecule has 0 saturated heterocycles. The second-order valence-electron chi connectivity index (χ2n) is 4.20. The lowest BCUT2D eigenvalue weighted by Crippen LogP contribution is -2.27. The molecule has 0 aliphatic carbocycles. The summed E-state index contributed by atoms with van der Waals surface area (Å²) in [6, 6.07) is 7.97. The number of para-hydroxylation sites is 1. The van der Waals surface area contributed by atoms with Crippen LogP contribution in [0.3, 0.4) is 0 Å². The lowest BCUT2D eigenvalue weighted by Gasteiger charge is -2.20. The molecule has 0 aliphatic heterocycles. The molecule has 0 radical (unpaired) electrons. The first kappa shape index (κ1) is 14.7. The van der Waals surface area contributed by atoms with Crippen LogP contribution in [0.4, 0.5) is 5.69 Å². The molecule has 4 heteroatoms. The predicted octanol–water partition coefficient (Wildman–Crippen LogP) is 1.69. The van der Waals surface area contributed by atoms with Gasteiger partial charge in [-0.2, -0.15) is 0 Å². The van der Waals surface area contributed by atoms with E-state index in [-0.39, 0.29) is 5.91 Å². The van der Waals surface area contributed by atoms with E-state index in [0.29, 0.717) is 6.54 Å². The van der Waals surface area contributed by atoms with Crippen LogP contribution in [0, 0.1) is 0 Å². The molecule has 0 saturated carbocycles. The van der Waals surface area contributed by atoms with Crippen LogP contribution in [-0.2, 0) is 11.3 Å². The number of hydrogen-bond donors (Lipinski definition) is 2. The number of benzene rings is 1. The number of carbonyl (C=O) groups excluding carboxylic acids is 1. The molecule has 0 heterocycles. The fraction of sp³-hybridized carbons (Fsp3) is 0.500. The molecule has 1 rings (SSSR count). The first-order chi connectivity index (χ1) is 8.71. The van der Waals surface area contributed by atoms with Crippen molar-refractivity contribution in [3.05, 3.63) is 29.8 Å². The topological polar surface area (TPSA) is 44.4 Å². The van der Waals surface area contributed by atoms with Crippen LogP contribution < -0.4 is 10.6 Å². The highest BCUT2D eigenvalue weighted by molar-refractivity contribution is 5.92. The molecule has 1 aromatic carbocycles. The quantitative estimate of drug-likeness (QED) is 0.773. The van der Waals surface area contributed by atoms with E-state index in [1.165, 1.54) is 0 Å². The molecule has 100 valence electrons. The average Bonchev–Trinajstić information content (AvgIpc) is 2.38. The van der Waals surface area contributed by atoms with Crippen molar-refractivity contribution in [1.29, 1.82) is 0 Å². The van der Waals surface area contributed by atoms with Gasteiger partial charge in [0, 0.05) is 12.2 Å². The fourth-order valence-corrected chi connectivity index (χ4v) is 1.82. The molecule has 0 aliphatic rings. The van der Waals surface area contributed by atoms with E-state index < -0.39 is 0 Å². The van der Waals surface area contributed by atoms with Crippen molar-refractivity contribution in [3.8, 4) is 0 Å². The summed E-state index contributed by atoms with van der Waals surface area (Å²) >= 11 is 0. The zero-order valence-corrected chi connectivity index (χ0v) is 11.5. The maximum Gasteiger partial charge on any atom is 0.238 e. The first-order valence-electron chi connectivity index (χ1n) is 6.46. The van der Waals surface area contributed by atoms with Gasteiger partial charge in [-0.1, -0.05) is 32.0 Å². The van der Waals surface area contributed by atoms with E-state index in [0.717, 1.165) is 30.9 Å². The predicted molar refractivity (Wildman–Crippen MR) is 75.6 cm³/mol. The van der Waals surface area contributed by atoms with Gasteiger partial charge in [-0.3, -0.25) is 9.69 Å². The Bertz CT molecular complexity index is 375. The smallest absolute Gasteiger partial charge is 0.238 e. The van der Waals surface area contributed by atoms with Crippen molar-refractivity contribution in [1.82, 2.24) is 10.2 Å². The monoisotopic (exact) mass is 249 g/mol. The Morgan fingerprint density at radius 3 is 2.50 bits per heavy atom. The van der Waals surface area contributed by atoms with E-state index in [1.807, 2.05) is 18.2 Å². The summed E-state index contributed by atoms with van der Waals surface area (Å²) in [7, 11) is 1.77. The van der Waals surface area contributed by atoms with Crippen molar-refractivity contribution in [2.45, 2.75) is 20.4 Å². The van der Waals surface area contributed by atoms with E-state index in [9.17, 15) is 4.79 Å². The molecule has 4 nitrogen and oxygen atoms in total. The SMILES string of the molecule is CCN(CC)Cc1ccccc1NC(=O)CNC. The Hall–Kier alpha value is -1.39. The summed E-state index contributed by atoms with van der Waals surface area (Å²) < 4.78 is 0. The summed E-state index contributed by atoms with van der Waals surface area (Å²) in [4.78, 5) is 13.9. The maximum atomic E-state index is 11.6. The van der Waals surface area contributed by atoms with Crippen LogP contribution in [0.1, 0.15) is 19.4 Å². The van der Waals surface area contributed by atoms with Crippen LogP contribution in [0.5, 0.6) is 0 Å². The second-order valence-corrected chi connectivity index (χ2v) is 4.20. The van der Waals surface area contributed by atoms with Crippen LogP contribution in [0.2, 0.25) is 0 Å². The molecule has 0 spiro atoms. The highest BCUT2D eigenvalue weighted by Gasteiger charge is 2.08. The van der Waals surface area contributed by atoms with E-state index in [1.54, 1.807) is 7.05 Å². The Labute approximate surface area is 109 Å². The number of likely N-dealkylation sites (N-methyl/N-ethyl adjacent to an activating group) is 1. The van der Waals surface area contributed by atoms with Crippen LogP contribution in [0.25, 0.3) is 0 Å². The third kappa shape index (κ3) is 4.47. The lowest BCUT2D eigenvalue weighted by molar-refractivity contribution is -0.115. The van der Waals surface area contributed by atoms with Gasteiger partial charge in [-0.25, -0.2) is 0 Å². The highest BCUT2D eigenvalue weighted by atomic mass is 16.1. The standard InChI is InChI=1S/C14H23N3O/c1-4-17(5-2)11-12-8-6-7-9-13(12)16-14(18)10-15-3/h6-9,15H,4-5,10-11H2,1-3H3,(H,16,18). The number of carbonyl (C=O) groups is 1. The number of amides is 1. The summed E-state index contributed by atoms with van der Waals surface area (Å²) in [5.41, 5.74) is 2.07. The highest BCUT2D eigenvalue weighted by Crippen LogP contribution is 2.16. The number of anilines is 1. The Balaban J connectivity index is 2.75. The molecular weight excluding hydrogens is 226 g/mol. The van der Waals surface area contributed by atoms with Crippen LogP contribution >= 0.6 is 0 Å². The minimum absolute atomic E-state index is 0.00973. The summed E-state index contributed by atoms with van der Waals surface area (Å²) in [6.07, 6.45) is 0. The maximum absolute atomic E-state index is 11.6. The summed E-state index contributed by atoms with van der Waals surface area (Å²) in [5.74, 6) is -0.00973. The number of hydrogen-bond acceptors (Lipinski definition) is 3. The molecule has 0 unspecified atom stereocenters.